The molecule has 0 bridgehead atoms. The highest BCUT2D eigenvalue weighted by atomic mass is 16.5. The van der Waals surface area contributed by atoms with E-state index in [1.807, 2.05) is 4.90 Å². The summed E-state index contributed by atoms with van der Waals surface area (Å²) in [6.45, 7) is 10.4. The fourth-order valence-electron chi connectivity index (χ4n) is 3.29. The number of piperazine rings is 1. The van der Waals surface area contributed by atoms with Crippen molar-refractivity contribution in [2.45, 2.75) is 27.2 Å². The summed E-state index contributed by atoms with van der Waals surface area (Å²) in [6, 6.07) is 6.37. The Morgan fingerprint density at radius 2 is 1.81 bits per heavy atom. The van der Waals surface area contributed by atoms with Crippen LogP contribution in [0.4, 0.5) is 5.69 Å². The minimum absolute atomic E-state index is 0.0189. The largest absolute Gasteiger partial charge is 0.383 e. The van der Waals surface area contributed by atoms with Gasteiger partial charge in [0.25, 0.3) is 0 Å². The SMILES string of the molecule is COCCN(CCC(=O)N1CCN(c2cccc(C)c2C)CC1)C(C)=O. The van der Waals surface area contributed by atoms with E-state index in [1.165, 1.54) is 23.7 Å². The van der Waals surface area contributed by atoms with Crippen molar-refractivity contribution in [1.82, 2.24) is 9.80 Å². The van der Waals surface area contributed by atoms with E-state index in [1.54, 1.807) is 12.0 Å². The monoisotopic (exact) mass is 361 g/mol. The molecule has 1 aliphatic rings. The van der Waals surface area contributed by atoms with Gasteiger partial charge >= 0.3 is 0 Å². The molecule has 6 nitrogen and oxygen atoms in total. The van der Waals surface area contributed by atoms with E-state index in [9.17, 15) is 9.59 Å². The summed E-state index contributed by atoms with van der Waals surface area (Å²) >= 11 is 0. The second-order valence-corrected chi connectivity index (χ2v) is 6.84. The van der Waals surface area contributed by atoms with E-state index < -0.39 is 0 Å². The summed E-state index contributed by atoms with van der Waals surface area (Å²) in [6.07, 6.45) is 0.368. The van der Waals surface area contributed by atoms with Crippen LogP contribution in [0.5, 0.6) is 0 Å². The van der Waals surface area contributed by atoms with E-state index >= 15 is 0 Å². The molecule has 6 heteroatoms. The maximum atomic E-state index is 12.5. The van der Waals surface area contributed by atoms with Crippen molar-refractivity contribution in [3.63, 3.8) is 0 Å². The number of ether oxygens (including phenoxy) is 1. The Bertz CT molecular complexity index is 625. The van der Waals surface area contributed by atoms with Gasteiger partial charge in [-0.2, -0.15) is 0 Å². The summed E-state index contributed by atoms with van der Waals surface area (Å²) in [4.78, 5) is 30.1. The normalized spacial score (nSPS) is 14.5. The van der Waals surface area contributed by atoms with E-state index in [0.717, 1.165) is 26.2 Å². The minimum atomic E-state index is -0.0189. The molecule has 0 radical (unpaired) electrons. The van der Waals surface area contributed by atoms with Crippen LogP contribution in [-0.2, 0) is 14.3 Å². The van der Waals surface area contributed by atoms with Gasteiger partial charge in [-0.1, -0.05) is 12.1 Å². The highest BCUT2D eigenvalue weighted by Gasteiger charge is 2.23. The molecule has 1 heterocycles. The third-order valence-corrected chi connectivity index (χ3v) is 5.16. The fraction of sp³-hybridized carbons (Fsp3) is 0.600. The van der Waals surface area contributed by atoms with Gasteiger partial charge in [0, 0.05) is 65.4 Å². The number of anilines is 1. The molecule has 144 valence electrons. The Balaban J connectivity index is 1.84. The second kappa shape index (κ2) is 9.57. The van der Waals surface area contributed by atoms with Crippen LogP contribution < -0.4 is 4.90 Å². The summed E-state index contributed by atoms with van der Waals surface area (Å²) in [7, 11) is 1.61. The van der Waals surface area contributed by atoms with Crippen LogP contribution in [-0.4, -0.2) is 74.6 Å². The molecule has 1 saturated heterocycles. The van der Waals surface area contributed by atoms with Gasteiger partial charge in [0.15, 0.2) is 0 Å². The number of carbonyl (C=O) groups excluding carboxylic acids is 2. The first-order valence-corrected chi connectivity index (χ1v) is 9.27. The zero-order chi connectivity index (χ0) is 19.1. The first-order chi connectivity index (χ1) is 12.4. The lowest BCUT2D eigenvalue weighted by Gasteiger charge is -2.37. The molecule has 0 spiro atoms. The molecule has 0 N–H and O–H groups in total. The highest BCUT2D eigenvalue weighted by molar-refractivity contribution is 5.78. The summed E-state index contributed by atoms with van der Waals surface area (Å²) in [5, 5.41) is 0. The van der Waals surface area contributed by atoms with E-state index in [-0.39, 0.29) is 11.8 Å². The molecular weight excluding hydrogens is 330 g/mol. The van der Waals surface area contributed by atoms with Gasteiger partial charge in [0.05, 0.1) is 6.61 Å². The fourth-order valence-corrected chi connectivity index (χ4v) is 3.29. The Labute approximate surface area is 156 Å². The van der Waals surface area contributed by atoms with E-state index in [4.69, 9.17) is 4.74 Å². The second-order valence-electron chi connectivity index (χ2n) is 6.84. The smallest absolute Gasteiger partial charge is 0.224 e. The molecule has 1 fully saturated rings. The number of rotatable bonds is 7. The molecule has 0 aliphatic carbocycles. The molecule has 26 heavy (non-hydrogen) atoms. The van der Waals surface area contributed by atoms with Gasteiger partial charge in [-0.05, 0) is 31.0 Å². The van der Waals surface area contributed by atoms with Crippen molar-refractivity contribution >= 4 is 17.5 Å². The van der Waals surface area contributed by atoms with Gasteiger partial charge in [-0.15, -0.1) is 0 Å². The number of hydrogen-bond acceptors (Lipinski definition) is 4. The predicted octanol–water partition coefficient (Wildman–Crippen LogP) is 1.84. The van der Waals surface area contributed by atoms with Crippen LogP contribution >= 0.6 is 0 Å². The molecule has 0 unspecified atom stereocenters. The first-order valence-electron chi connectivity index (χ1n) is 9.27. The zero-order valence-electron chi connectivity index (χ0n) is 16.5. The summed E-state index contributed by atoms with van der Waals surface area (Å²) in [5.74, 6) is 0.101. The highest BCUT2D eigenvalue weighted by Crippen LogP contribution is 2.23. The molecule has 2 amide bonds. The molecular formula is C20H31N3O3. The Morgan fingerprint density at radius 3 is 2.42 bits per heavy atom. The van der Waals surface area contributed by atoms with E-state index in [0.29, 0.717) is 26.1 Å². The summed E-state index contributed by atoms with van der Waals surface area (Å²) < 4.78 is 5.02. The summed E-state index contributed by atoms with van der Waals surface area (Å²) in [5.41, 5.74) is 3.86. The predicted molar refractivity (Wildman–Crippen MR) is 103 cm³/mol. The third-order valence-electron chi connectivity index (χ3n) is 5.16. The lowest BCUT2D eigenvalue weighted by Crippen LogP contribution is -2.49. The van der Waals surface area contributed by atoms with E-state index in [2.05, 4.69) is 36.9 Å². The van der Waals surface area contributed by atoms with Crippen LogP contribution in [0, 0.1) is 13.8 Å². The molecule has 1 aromatic rings. The topological polar surface area (TPSA) is 53.1 Å². The van der Waals surface area contributed by atoms with Crippen LogP contribution in [0.1, 0.15) is 24.5 Å². The van der Waals surface area contributed by atoms with Crippen molar-refractivity contribution in [3.8, 4) is 0 Å². The average molecular weight is 361 g/mol. The number of nitrogens with zero attached hydrogens (tertiary/aromatic N) is 3. The van der Waals surface area contributed by atoms with Gasteiger partial charge in [-0.25, -0.2) is 0 Å². The van der Waals surface area contributed by atoms with Gasteiger partial charge in [0.2, 0.25) is 11.8 Å². The number of amides is 2. The van der Waals surface area contributed by atoms with Gasteiger partial charge in [0.1, 0.15) is 0 Å². The molecule has 2 rings (SSSR count). The van der Waals surface area contributed by atoms with Crippen molar-refractivity contribution in [2.75, 3.05) is 57.9 Å². The number of aryl methyl sites for hydroxylation is 1. The molecule has 1 aliphatic heterocycles. The standard InChI is InChI=1S/C20H31N3O3/c1-16-6-5-7-19(17(16)2)22-10-12-23(13-11-22)20(25)8-9-21(18(3)24)14-15-26-4/h5-7H,8-15H2,1-4H3. The molecule has 0 atom stereocenters. The van der Waals surface area contributed by atoms with Crippen LogP contribution in [0.3, 0.4) is 0 Å². The Morgan fingerprint density at radius 1 is 1.12 bits per heavy atom. The number of hydrogen-bond donors (Lipinski definition) is 0. The minimum Gasteiger partial charge on any atom is -0.383 e. The Kier molecular flexibility index (Phi) is 7.45. The zero-order valence-corrected chi connectivity index (χ0v) is 16.5. The Hall–Kier alpha value is -2.08. The molecule has 1 aromatic carbocycles. The third kappa shape index (κ3) is 5.21. The number of benzene rings is 1. The van der Waals surface area contributed by atoms with Crippen LogP contribution in [0.2, 0.25) is 0 Å². The van der Waals surface area contributed by atoms with Crippen LogP contribution in [0.25, 0.3) is 0 Å². The van der Waals surface area contributed by atoms with Crippen molar-refractivity contribution in [1.29, 1.82) is 0 Å². The number of carbonyl (C=O) groups is 2. The van der Waals surface area contributed by atoms with Crippen molar-refractivity contribution in [3.05, 3.63) is 29.3 Å². The number of methoxy groups -OCH3 is 1. The average Bonchev–Trinajstić information content (AvgIpc) is 2.63. The van der Waals surface area contributed by atoms with Crippen molar-refractivity contribution < 1.29 is 14.3 Å². The van der Waals surface area contributed by atoms with Crippen molar-refractivity contribution in [2.24, 2.45) is 0 Å². The molecule has 0 saturated carbocycles. The lowest BCUT2D eigenvalue weighted by atomic mass is 10.1. The maximum absolute atomic E-state index is 12.5. The molecule has 0 aromatic heterocycles. The quantitative estimate of drug-likeness (QED) is 0.744. The van der Waals surface area contributed by atoms with Gasteiger partial charge < -0.3 is 19.4 Å². The lowest BCUT2D eigenvalue weighted by molar-refractivity contribution is -0.134. The first kappa shape index (κ1) is 20.2. The van der Waals surface area contributed by atoms with Crippen LogP contribution in [0.15, 0.2) is 18.2 Å². The van der Waals surface area contributed by atoms with Gasteiger partial charge in [-0.3, -0.25) is 9.59 Å². The maximum Gasteiger partial charge on any atom is 0.224 e.